The maximum absolute atomic E-state index is 12.4. The van der Waals surface area contributed by atoms with E-state index in [4.69, 9.17) is 16.7 Å². The molecule has 0 radical (unpaired) electrons. The van der Waals surface area contributed by atoms with Crippen LogP contribution in [0.5, 0.6) is 0 Å². The fourth-order valence-corrected chi connectivity index (χ4v) is 2.33. The number of rotatable bonds is 3. The van der Waals surface area contributed by atoms with Crippen molar-refractivity contribution in [2.24, 2.45) is 0 Å². The Bertz CT molecular complexity index is 929. The molecule has 122 valence electrons. The molecule has 2 N–H and O–H groups in total. The minimum atomic E-state index is -1.09. The van der Waals surface area contributed by atoms with Gasteiger partial charge >= 0.3 is 5.97 Å². The van der Waals surface area contributed by atoms with Gasteiger partial charge in [-0.1, -0.05) is 17.7 Å². The van der Waals surface area contributed by atoms with Gasteiger partial charge in [-0.05, 0) is 42.5 Å². The van der Waals surface area contributed by atoms with Gasteiger partial charge in [-0.25, -0.2) is 4.79 Å². The zero-order chi connectivity index (χ0) is 16.4. The number of benzene rings is 2. The largest absolute Gasteiger partial charge is 0.478 e. The zero-order valence-corrected chi connectivity index (χ0v) is 13.8. The summed E-state index contributed by atoms with van der Waals surface area (Å²) >= 11 is 6.01. The van der Waals surface area contributed by atoms with E-state index in [1.54, 1.807) is 30.5 Å². The first kappa shape index (κ1) is 17.7. The summed E-state index contributed by atoms with van der Waals surface area (Å²) in [5.74, 6) is -1.46. The van der Waals surface area contributed by atoms with Crippen LogP contribution in [-0.2, 0) is 0 Å². The topological polar surface area (TPSA) is 79.3 Å². The Labute approximate surface area is 148 Å². The number of amides is 1. The molecule has 0 aliphatic rings. The summed E-state index contributed by atoms with van der Waals surface area (Å²) in [6.45, 7) is 0. The molecule has 0 saturated heterocycles. The van der Waals surface area contributed by atoms with Gasteiger partial charge in [0.15, 0.2) is 0 Å². The first-order chi connectivity index (χ1) is 11.0. The summed E-state index contributed by atoms with van der Waals surface area (Å²) in [5.41, 5.74) is 1.52. The van der Waals surface area contributed by atoms with Crippen molar-refractivity contribution in [1.29, 1.82) is 0 Å². The normalized spacial score (nSPS) is 10.0. The standard InChI is InChI=1S/C17H11ClN2O3.ClH/c18-13-5-3-12(17(22)23)9-15(13)20-16(21)11-4-6-14-10(8-11)2-1-7-19-14;/h1-9H,(H,20,21)(H,22,23);1H. The number of fused-ring (bicyclic) bond motifs is 1. The minimum Gasteiger partial charge on any atom is -0.478 e. The fraction of sp³-hybridized carbons (Fsp3) is 0. The van der Waals surface area contributed by atoms with Gasteiger partial charge in [-0.15, -0.1) is 12.4 Å². The van der Waals surface area contributed by atoms with Gasteiger partial charge in [0.2, 0.25) is 0 Å². The van der Waals surface area contributed by atoms with Gasteiger partial charge in [0, 0.05) is 17.1 Å². The highest BCUT2D eigenvalue weighted by Gasteiger charge is 2.12. The molecule has 2 aromatic carbocycles. The molecule has 7 heteroatoms. The lowest BCUT2D eigenvalue weighted by molar-refractivity contribution is 0.0696. The molecule has 1 heterocycles. The van der Waals surface area contributed by atoms with E-state index in [1.807, 2.05) is 6.07 Å². The van der Waals surface area contributed by atoms with Crippen molar-refractivity contribution in [1.82, 2.24) is 4.98 Å². The fourth-order valence-electron chi connectivity index (χ4n) is 2.17. The van der Waals surface area contributed by atoms with Gasteiger partial charge in [0.1, 0.15) is 0 Å². The van der Waals surface area contributed by atoms with E-state index in [9.17, 15) is 9.59 Å². The number of carboxylic acid groups (broad SMARTS) is 1. The molecule has 1 aromatic heterocycles. The van der Waals surface area contributed by atoms with E-state index >= 15 is 0 Å². The number of nitrogens with one attached hydrogen (secondary N) is 1. The highest BCUT2D eigenvalue weighted by molar-refractivity contribution is 6.34. The maximum Gasteiger partial charge on any atom is 0.335 e. The molecule has 0 aliphatic carbocycles. The Kier molecular flexibility index (Phi) is 5.39. The van der Waals surface area contributed by atoms with Gasteiger partial charge in [-0.2, -0.15) is 0 Å². The summed E-state index contributed by atoms with van der Waals surface area (Å²) in [4.78, 5) is 27.6. The molecule has 24 heavy (non-hydrogen) atoms. The Morgan fingerprint density at radius 1 is 1.04 bits per heavy atom. The monoisotopic (exact) mass is 362 g/mol. The highest BCUT2D eigenvalue weighted by Crippen LogP contribution is 2.24. The predicted molar refractivity (Wildman–Crippen MR) is 95.4 cm³/mol. The summed E-state index contributed by atoms with van der Waals surface area (Å²) in [6, 6.07) is 12.9. The smallest absolute Gasteiger partial charge is 0.335 e. The van der Waals surface area contributed by atoms with E-state index < -0.39 is 5.97 Å². The number of carbonyl (C=O) groups is 2. The van der Waals surface area contributed by atoms with Crippen molar-refractivity contribution >= 4 is 52.5 Å². The zero-order valence-electron chi connectivity index (χ0n) is 12.2. The molecular formula is C17H12Cl2N2O3. The second-order valence-electron chi connectivity index (χ2n) is 4.86. The Morgan fingerprint density at radius 3 is 2.54 bits per heavy atom. The van der Waals surface area contributed by atoms with Crippen molar-refractivity contribution < 1.29 is 14.7 Å². The quantitative estimate of drug-likeness (QED) is 0.729. The van der Waals surface area contributed by atoms with Crippen LogP contribution >= 0.6 is 24.0 Å². The van der Waals surface area contributed by atoms with E-state index in [2.05, 4.69) is 10.3 Å². The SMILES string of the molecule is Cl.O=C(O)c1ccc(Cl)c(NC(=O)c2ccc3ncccc3c2)c1. The number of hydrogen-bond acceptors (Lipinski definition) is 3. The van der Waals surface area contributed by atoms with Gasteiger partial charge in [-0.3, -0.25) is 9.78 Å². The van der Waals surface area contributed by atoms with Crippen LogP contribution in [0.25, 0.3) is 10.9 Å². The Hall–Kier alpha value is -2.63. The van der Waals surface area contributed by atoms with Gasteiger partial charge in [0.05, 0.1) is 21.8 Å². The van der Waals surface area contributed by atoms with Gasteiger partial charge < -0.3 is 10.4 Å². The number of aromatic nitrogens is 1. The number of halogens is 2. The van der Waals surface area contributed by atoms with Crippen LogP contribution in [0.15, 0.2) is 54.7 Å². The van der Waals surface area contributed by atoms with Crippen LogP contribution in [0.2, 0.25) is 5.02 Å². The second kappa shape index (κ2) is 7.29. The number of carbonyl (C=O) groups excluding carboxylic acids is 1. The van der Waals surface area contributed by atoms with Crippen LogP contribution in [0, 0.1) is 0 Å². The summed E-state index contributed by atoms with van der Waals surface area (Å²) in [5, 5.41) is 12.7. The molecular weight excluding hydrogens is 351 g/mol. The summed E-state index contributed by atoms with van der Waals surface area (Å²) in [6.07, 6.45) is 1.68. The molecule has 0 saturated carbocycles. The molecule has 0 aliphatic heterocycles. The Balaban J connectivity index is 0.00000208. The lowest BCUT2D eigenvalue weighted by Gasteiger charge is -2.09. The molecule has 3 rings (SSSR count). The molecule has 0 unspecified atom stereocenters. The van der Waals surface area contributed by atoms with Crippen molar-refractivity contribution in [3.05, 3.63) is 70.9 Å². The van der Waals surface area contributed by atoms with Crippen LogP contribution in [0.1, 0.15) is 20.7 Å². The molecule has 3 aromatic rings. The summed E-state index contributed by atoms with van der Waals surface area (Å²) in [7, 11) is 0. The van der Waals surface area contributed by atoms with Crippen molar-refractivity contribution in [3.63, 3.8) is 0 Å². The van der Waals surface area contributed by atoms with Crippen LogP contribution in [0.4, 0.5) is 5.69 Å². The lowest BCUT2D eigenvalue weighted by Crippen LogP contribution is -2.13. The molecule has 1 amide bonds. The molecule has 0 spiro atoms. The molecule has 0 atom stereocenters. The van der Waals surface area contributed by atoms with E-state index in [0.29, 0.717) is 5.56 Å². The Morgan fingerprint density at radius 2 is 1.79 bits per heavy atom. The summed E-state index contributed by atoms with van der Waals surface area (Å²) < 4.78 is 0. The van der Waals surface area contributed by atoms with E-state index in [0.717, 1.165) is 10.9 Å². The number of anilines is 1. The first-order valence-corrected chi connectivity index (χ1v) is 7.11. The molecule has 5 nitrogen and oxygen atoms in total. The lowest BCUT2D eigenvalue weighted by atomic mass is 10.1. The van der Waals surface area contributed by atoms with Gasteiger partial charge in [0.25, 0.3) is 5.91 Å². The third-order valence-corrected chi connectivity index (χ3v) is 3.66. The average molecular weight is 363 g/mol. The predicted octanol–water partition coefficient (Wildman–Crippen LogP) is 4.26. The number of nitrogens with zero attached hydrogens (tertiary/aromatic N) is 1. The van der Waals surface area contributed by atoms with Crippen LogP contribution in [0.3, 0.4) is 0 Å². The minimum absolute atomic E-state index is 0. The highest BCUT2D eigenvalue weighted by atomic mass is 35.5. The van der Waals surface area contributed by atoms with Crippen LogP contribution < -0.4 is 5.32 Å². The van der Waals surface area contributed by atoms with E-state index in [1.165, 1.54) is 18.2 Å². The number of hydrogen-bond donors (Lipinski definition) is 2. The van der Waals surface area contributed by atoms with Crippen molar-refractivity contribution in [2.45, 2.75) is 0 Å². The van der Waals surface area contributed by atoms with E-state index in [-0.39, 0.29) is 34.6 Å². The number of pyridine rings is 1. The third kappa shape index (κ3) is 3.64. The second-order valence-corrected chi connectivity index (χ2v) is 5.27. The first-order valence-electron chi connectivity index (χ1n) is 6.73. The molecule has 0 bridgehead atoms. The van der Waals surface area contributed by atoms with Crippen molar-refractivity contribution in [2.75, 3.05) is 5.32 Å². The third-order valence-electron chi connectivity index (χ3n) is 3.33. The maximum atomic E-state index is 12.4. The average Bonchev–Trinajstić information content (AvgIpc) is 2.56. The van der Waals surface area contributed by atoms with Crippen molar-refractivity contribution in [3.8, 4) is 0 Å². The molecule has 0 fully saturated rings. The van der Waals surface area contributed by atoms with Crippen LogP contribution in [-0.4, -0.2) is 22.0 Å². The number of carboxylic acids is 1. The number of aromatic carboxylic acids is 1.